The van der Waals surface area contributed by atoms with Crippen LogP contribution in [-0.4, -0.2) is 5.11 Å². The van der Waals surface area contributed by atoms with Crippen LogP contribution in [0.5, 0.6) is 5.75 Å². The highest BCUT2D eigenvalue weighted by molar-refractivity contribution is 5.39. The van der Waals surface area contributed by atoms with Crippen LogP contribution < -0.4 is 0 Å². The molecule has 0 unspecified atom stereocenters. The molecule has 2 aromatic carbocycles. The molecule has 0 aliphatic heterocycles. The van der Waals surface area contributed by atoms with Gasteiger partial charge in [0, 0.05) is 5.41 Å². The summed E-state index contributed by atoms with van der Waals surface area (Å²) in [6, 6.07) is 17.8. The summed E-state index contributed by atoms with van der Waals surface area (Å²) in [5, 5.41) is 9.29. The van der Waals surface area contributed by atoms with E-state index in [2.05, 4.69) is 38.1 Å². The smallest absolute Gasteiger partial charge is 0.115 e. The van der Waals surface area contributed by atoms with E-state index >= 15 is 0 Å². The predicted molar refractivity (Wildman–Crippen MR) is 78.0 cm³/mol. The second-order valence-corrected chi connectivity index (χ2v) is 4.54. The molecule has 0 heterocycles. The molecule has 0 amide bonds. The molecule has 0 aromatic heterocycles. The number of phenolic OH excluding ortho intramolecular Hbond substituents is 1. The van der Waals surface area contributed by atoms with Crippen LogP contribution >= 0.6 is 0 Å². The molecule has 1 N–H and O–H groups in total. The first-order chi connectivity index (χ1) is 8.60. The van der Waals surface area contributed by atoms with Crippen molar-refractivity contribution >= 4 is 0 Å². The lowest BCUT2D eigenvalue weighted by Crippen LogP contribution is -2.18. The topological polar surface area (TPSA) is 20.2 Å². The van der Waals surface area contributed by atoms with Gasteiger partial charge in [-0.05, 0) is 23.3 Å². The lowest BCUT2D eigenvalue weighted by Gasteiger charge is -2.26. The third-order valence-corrected chi connectivity index (χ3v) is 3.08. The van der Waals surface area contributed by atoms with Crippen LogP contribution in [-0.2, 0) is 5.41 Å². The van der Waals surface area contributed by atoms with E-state index in [9.17, 15) is 5.11 Å². The maximum absolute atomic E-state index is 9.29. The minimum absolute atomic E-state index is 0.0328. The molecule has 0 aliphatic carbocycles. The van der Waals surface area contributed by atoms with Crippen molar-refractivity contribution in [1.82, 2.24) is 0 Å². The zero-order valence-electron chi connectivity index (χ0n) is 11.6. The Morgan fingerprint density at radius 1 is 0.722 bits per heavy atom. The molecule has 96 valence electrons. The Balaban J connectivity index is 0.000000771. The van der Waals surface area contributed by atoms with E-state index in [1.165, 1.54) is 11.1 Å². The average molecular weight is 242 g/mol. The standard InChI is InChI=1S/C15H16O.C2H6/c1-15(2,12-6-4-3-5-7-12)13-8-10-14(16)11-9-13;1-2/h3-11,16H,1-2H3;1-2H3. The minimum atomic E-state index is -0.0328. The fourth-order valence-corrected chi connectivity index (χ4v) is 1.90. The monoisotopic (exact) mass is 242 g/mol. The largest absolute Gasteiger partial charge is 0.508 e. The quantitative estimate of drug-likeness (QED) is 0.806. The zero-order chi connectivity index (χ0) is 13.6. The molecule has 0 aliphatic rings. The van der Waals surface area contributed by atoms with Crippen molar-refractivity contribution in [1.29, 1.82) is 0 Å². The van der Waals surface area contributed by atoms with Crippen molar-refractivity contribution in [2.75, 3.05) is 0 Å². The van der Waals surface area contributed by atoms with Gasteiger partial charge in [-0.25, -0.2) is 0 Å². The van der Waals surface area contributed by atoms with E-state index in [4.69, 9.17) is 0 Å². The van der Waals surface area contributed by atoms with Crippen molar-refractivity contribution in [3.05, 3.63) is 65.7 Å². The second kappa shape index (κ2) is 6.25. The van der Waals surface area contributed by atoms with Gasteiger partial charge in [-0.1, -0.05) is 70.2 Å². The van der Waals surface area contributed by atoms with Gasteiger partial charge in [0.1, 0.15) is 5.75 Å². The minimum Gasteiger partial charge on any atom is -0.508 e. The van der Waals surface area contributed by atoms with Crippen molar-refractivity contribution in [2.45, 2.75) is 33.1 Å². The Labute approximate surface area is 110 Å². The van der Waals surface area contributed by atoms with E-state index < -0.39 is 0 Å². The Morgan fingerprint density at radius 3 is 1.67 bits per heavy atom. The average Bonchev–Trinajstić information content (AvgIpc) is 2.42. The van der Waals surface area contributed by atoms with E-state index in [1.807, 2.05) is 32.0 Å². The molecule has 2 aromatic rings. The summed E-state index contributed by atoms with van der Waals surface area (Å²) in [4.78, 5) is 0. The van der Waals surface area contributed by atoms with Gasteiger partial charge in [0.25, 0.3) is 0 Å². The van der Waals surface area contributed by atoms with Gasteiger partial charge in [-0.3, -0.25) is 0 Å². The maximum atomic E-state index is 9.29. The van der Waals surface area contributed by atoms with Crippen molar-refractivity contribution in [3.8, 4) is 5.75 Å². The summed E-state index contributed by atoms with van der Waals surface area (Å²) in [5.41, 5.74) is 2.45. The molecule has 1 heteroatoms. The van der Waals surface area contributed by atoms with Crippen molar-refractivity contribution in [3.63, 3.8) is 0 Å². The Kier molecular flexibility index (Phi) is 4.96. The van der Waals surface area contributed by atoms with Gasteiger partial charge in [0.2, 0.25) is 0 Å². The predicted octanol–water partition coefficient (Wildman–Crippen LogP) is 4.74. The highest BCUT2D eigenvalue weighted by atomic mass is 16.3. The summed E-state index contributed by atoms with van der Waals surface area (Å²) in [6.07, 6.45) is 0. The zero-order valence-corrected chi connectivity index (χ0v) is 11.6. The molecule has 0 fully saturated rings. The molecule has 0 saturated heterocycles. The van der Waals surface area contributed by atoms with E-state index in [0.29, 0.717) is 5.75 Å². The molecular formula is C17H22O. The van der Waals surface area contributed by atoms with Gasteiger partial charge >= 0.3 is 0 Å². The summed E-state index contributed by atoms with van der Waals surface area (Å²) in [5.74, 6) is 0.313. The normalized spacial score (nSPS) is 10.4. The van der Waals surface area contributed by atoms with Gasteiger partial charge in [0.05, 0.1) is 0 Å². The highest BCUT2D eigenvalue weighted by Crippen LogP contribution is 2.31. The number of aromatic hydroxyl groups is 1. The molecule has 0 saturated carbocycles. The van der Waals surface area contributed by atoms with Crippen LogP contribution in [0.3, 0.4) is 0 Å². The van der Waals surface area contributed by atoms with Crippen molar-refractivity contribution < 1.29 is 5.11 Å². The first-order valence-electron chi connectivity index (χ1n) is 6.46. The lowest BCUT2D eigenvalue weighted by atomic mass is 9.78. The van der Waals surface area contributed by atoms with Crippen LogP contribution in [0.15, 0.2) is 54.6 Å². The first kappa shape index (κ1) is 14.3. The van der Waals surface area contributed by atoms with Crippen molar-refractivity contribution in [2.24, 2.45) is 0 Å². The Hall–Kier alpha value is -1.76. The second-order valence-electron chi connectivity index (χ2n) is 4.54. The molecule has 18 heavy (non-hydrogen) atoms. The number of hydrogen-bond donors (Lipinski definition) is 1. The van der Waals surface area contributed by atoms with Crippen LogP contribution in [0.2, 0.25) is 0 Å². The number of rotatable bonds is 2. The summed E-state index contributed by atoms with van der Waals surface area (Å²) >= 11 is 0. The van der Waals surface area contributed by atoms with Crippen LogP contribution in [0.4, 0.5) is 0 Å². The third-order valence-electron chi connectivity index (χ3n) is 3.08. The SMILES string of the molecule is CC.CC(C)(c1ccccc1)c1ccc(O)cc1. The van der Waals surface area contributed by atoms with E-state index in [1.54, 1.807) is 12.1 Å². The molecule has 0 bridgehead atoms. The van der Waals surface area contributed by atoms with Crippen LogP contribution in [0.1, 0.15) is 38.8 Å². The first-order valence-corrected chi connectivity index (χ1v) is 6.46. The molecule has 0 spiro atoms. The summed E-state index contributed by atoms with van der Waals surface area (Å²) in [7, 11) is 0. The Morgan fingerprint density at radius 2 is 1.17 bits per heavy atom. The van der Waals surface area contributed by atoms with Gasteiger partial charge in [0.15, 0.2) is 0 Å². The van der Waals surface area contributed by atoms with Gasteiger partial charge in [-0.2, -0.15) is 0 Å². The van der Waals surface area contributed by atoms with Crippen LogP contribution in [0, 0.1) is 0 Å². The third kappa shape index (κ3) is 3.13. The van der Waals surface area contributed by atoms with Gasteiger partial charge in [-0.15, -0.1) is 0 Å². The number of hydrogen-bond acceptors (Lipinski definition) is 1. The molecule has 0 atom stereocenters. The number of benzene rings is 2. The molecule has 2 rings (SSSR count). The fraction of sp³-hybridized carbons (Fsp3) is 0.294. The fourth-order valence-electron chi connectivity index (χ4n) is 1.90. The number of phenols is 1. The summed E-state index contributed by atoms with van der Waals surface area (Å²) < 4.78 is 0. The Bertz CT molecular complexity index is 455. The molecular weight excluding hydrogens is 220 g/mol. The van der Waals surface area contributed by atoms with Gasteiger partial charge < -0.3 is 5.11 Å². The molecule has 1 nitrogen and oxygen atoms in total. The summed E-state index contributed by atoms with van der Waals surface area (Å²) in [6.45, 7) is 8.38. The highest BCUT2D eigenvalue weighted by Gasteiger charge is 2.22. The maximum Gasteiger partial charge on any atom is 0.115 e. The van der Waals surface area contributed by atoms with Crippen LogP contribution in [0.25, 0.3) is 0 Å². The molecule has 0 radical (unpaired) electrons. The van der Waals surface area contributed by atoms with E-state index in [0.717, 1.165) is 0 Å². The lowest BCUT2D eigenvalue weighted by molar-refractivity contribution is 0.474. The van der Waals surface area contributed by atoms with E-state index in [-0.39, 0.29) is 5.41 Å².